The van der Waals surface area contributed by atoms with Gasteiger partial charge in [0.1, 0.15) is 0 Å². The summed E-state index contributed by atoms with van der Waals surface area (Å²) in [6.07, 6.45) is 0.215. The molecule has 0 aliphatic rings. The molecule has 0 saturated carbocycles. The molecular formula is C10H10Cl2N4O. The van der Waals surface area contributed by atoms with Gasteiger partial charge >= 0.3 is 0 Å². The average molecular weight is 273 g/mol. The van der Waals surface area contributed by atoms with E-state index in [4.69, 9.17) is 28.7 Å². The molecule has 0 aliphatic heterocycles. The maximum Gasteiger partial charge on any atom is 0.224 e. The maximum absolute atomic E-state index is 11.4. The number of hydrogen-bond acceptors (Lipinski definition) is 2. The van der Waals surface area contributed by atoms with Crippen LogP contribution < -0.4 is 5.32 Å². The fourth-order valence-corrected chi connectivity index (χ4v) is 1.51. The molecule has 1 aromatic carbocycles. The molecule has 0 fully saturated rings. The van der Waals surface area contributed by atoms with Crippen LogP contribution in [0.2, 0.25) is 10.0 Å². The van der Waals surface area contributed by atoms with Crippen molar-refractivity contribution in [2.75, 3.05) is 13.1 Å². The molecule has 0 aromatic heterocycles. The van der Waals surface area contributed by atoms with E-state index in [1.807, 2.05) is 0 Å². The summed E-state index contributed by atoms with van der Waals surface area (Å²) in [5.41, 5.74) is 8.82. The lowest BCUT2D eigenvalue weighted by atomic mass is 10.1. The number of halogens is 2. The number of carbonyl (C=O) groups is 1. The molecule has 0 heterocycles. The van der Waals surface area contributed by atoms with E-state index in [2.05, 4.69) is 15.3 Å². The van der Waals surface area contributed by atoms with Crippen LogP contribution >= 0.6 is 23.2 Å². The van der Waals surface area contributed by atoms with Gasteiger partial charge in [-0.25, -0.2) is 0 Å². The Kier molecular flexibility index (Phi) is 5.63. The third-order valence-electron chi connectivity index (χ3n) is 1.95. The molecule has 0 unspecified atom stereocenters. The smallest absolute Gasteiger partial charge is 0.224 e. The van der Waals surface area contributed by atoms with E-state index in [9.17, 15) is 4.79 Å². The highest BCUT2D eigenvalue weighted by molar-refractivity contribution is 6.42. The SMILES string of the molecule is [N-]=[N+]=NCCNC(=O)Cc1ccc(Cl)c(Cl)c1. The Bertz CT molecular complexity index is 458. The lowest BCUT2D eigenvalue weighted by Gasteiger charge is -2.04. The van der Waals surface area contributed by atoms with Crippen LogP contribution in [-0.4, -0.2) is 19.0 Å². The van der Waals surface area contributed by atoms with E-state index < -0.39 is 0 Å². The van der Waals surface area contributed by atoms with Gasteiger partial charge < -0.3 is 5.32 Å². The predicted octanol–water partition coefficient (Wildman–Crippen LogP) is 2.96. The highest BCUT2D eigenvalue weighted by atomic mass is 35.5. The topological polar surface area (TPSA) is 77.9 Å². The molecule has 0 atom stereocenters. The van der Waals surface area contributed by atoms with Gasteiger partial charge in [0.15, 0.2) is 0 Å². The molecule has 1 rings (SSSR count). The number of rotatable bonds is 5. The lowest BCUT2D eigenvalue weighted by molar-refractivity contribution is -0.120. The first-order chi connectivity index (χ1) is 8.13. The Labute approximate surface area is 108 Å². The third kappa shape index (κ3) is 4.95. The number of benzene rings is 1. The minimum atomic E-state index is -0.156. The Hall–Kier alpha value is -1.42. The van der Waals surface area contributed by atoms with Gasteiger partial charge in [-0.15, -0.1) is 0 Å². The third-order valence-corrected chi connectivity index (χ3v) is 2.68. The Morgan fingerprint density at radius 3 is 2.82 bits per heavy atom. The van der Waals surface area contributed by atoms with Gasteiger partial charge in [0, 0.05) is 18.0 Å². The van der Waals surface area contributed by atoms with Crippen LogP contribution in [0.15, 0.2) is 23.3 Å². The van der Waals surface area contributed by atoms with E-state index in [0.717, 1.165) is 5.56 Å². The van der Waals surface area contributed by atoms with E-state index >= 15 is 0 Å². The number of nitrogens with one attached hydrogen (secondary N) is 1. The summed E-state index contributed by atoms with van der Waals surface area (Å²) in [5.74, 6) is -0.156. The number of carbonyl (C=O) groups excluding carboxylic acids is 1. The normalized spacial score (nSPS) is 9.53. The molecule has 0 bridgehead atoms. The molecule has 17 heavy (non-hydrogen) atoms. The molecule has 1 N–H and O–H groups in total. The van der Waals surface area contributed by atoms with Crippen LogP contribution in [0.1, 0.15) is 5.56 Å². The molecule has 0 spiro atoms. The fourth-order valence-electron chi connectivity index (χ4n) is 1.19. The van der Waals surface area contributed by atoms with Crippen LogP contribution in [0.25, 0.3) is 10.4 Å². The summed E-state index contributed by atoms with van der Waals surface area (Å²) in [5, 5.41) is 6.80. The molecule has 1 aromatic rings. The second kappa shape index (κ2) is 7.01. The summed E-state index contributed by atoms with van der Waals surface area (Å²) in [4.78, 5) is 14.0. The van der Waals surface area contributed by atoms with E-state index in [1.54, 1.807) is 18.2 Å². The minimum Gasteiger partial charge on any atom is -0.356 e. The zero-order valence-electron chi connectivity index (χ0n) is 8.86. The van der Waals surface area contributed by atoms with E-state index in [1.165, 1.54) is 0 Å². The largest absolute Gasteiger partial charge is 0.356 e. The zero-order chi connectivity index (χ0) is 12.7. The summed E-state index contributed by atoms with van der Waals surface area (Å²) >= 11 is 11.6. The van der Waals surface area contributed by atoms with Crippen LogP contribution in [-0.2, 0) is 11.2 Å². The van der Waals surface area contributed by atoms with Crippen molar-refractivity contribution in [3.63, 3.8) is 0 Å². The van der Waals surface area contributed by atoms with Gasteiger partial charge in [-0.1, -0.05) is 34.4 Å². The molecular weight excluding hydrogens is 263 g/mol. The van der Waals surface area contributed by atoms with Crippen LogP contribution in [0.4, 0.5) is 0 Å². The van der Waals surface area contributed by atoms with Gasteiger partial charge in [0.05, 0.1) is 16.5 Å². The van der Waals surface area contributed by atoms with E-state index in [0.29, 0.717) is 16.6 Å². The van der Waals surface area contributed by atoms with Crippen molar-refractivity contribution in [3.8, 4) is 0 Å². The van der Waals surface area contributed by atoms with Crippen molar-refractivity contribution in [1.82, 2.24) is 5.32 Å². The molecule has 5 nitrogen and oxygen atoms in total. The lowest BCUT2D eigenvalue weighted by Crippen LogP contribution is -2.27. The number of hydrogen-bond donors (Lipinski definition) is 1. The van der Waals surface area contributed by atoms with Crippen LogP contribution in [0, 0.1) is 0 Å². The van der Waals surface area contributed by atoms with E-state index in [-0.39, 0.29) is 18.9 Å². The summed E-state index contributed by atoms with van der Waals surface area (Å²) in [6.45, 7) is 0.563. The monoisotopic (exact) mass is 272 g/mol. The molecule has 1 amide bonds. The van der Waals surface area contributed by atoms with Gasteiger partial charge in [0.2, 0.25) is 5.91 Å². The van der Waals surface area contributed by atoms with Crippen molar-refractivity contribution in [2.45, 2.75) is 6.42 Å². The summed E-state index contributed by atoms with van der Waals surface area (Å²) in [7, 11) is 0. The van der Waals surface area contributed by atoms with Crippen molar-refractivity contribution >= 4 is 29.1 Å². The summed E-state index contributed by atoms with van der Waals surface area (Å²) < 4.78 is 0. The van der Waals surface area contributed by atoms with Gasteiger partial charge in [-0.2, -0.15) is 0 Å². The van der Waals surface area contributed by atoms with Crippen molar-refractivity contribution in [2.24, 2.45) is 5.11 Å². The second-order valence-electron chi connectivity index (χ2n) is 3.23. The van der Waals surface area contributed by atoms with Crippen molar-refractivity contribution in [3.05, 3.63) is 44.3 Å². The van der Waals surface area contributed by atoms with Crippen LogP contribution in [0.3, 0.4) is 0 Å². The number of nitrogens with zero attached hydrogens (tertiary/aromatic N) is 3. The Morgan fingerprint density at radius 2 is 2.18 bits per heavy atom. The quantitative estimate of drug-likeness (QED) is 0.380. The maximum atomic E-state index is 11.4. The molecule has 90 valence electrons. The second-order valence-corrected chi connectivity index (χ2v) is 4.04. The minimum absolute atomic E-state index is 0.156. The molecule has 0 saturated heterocycles. The highest BCUT2D eigenvalue weighted by Gasteiger charge is 2.04. The number of amides is 1. The summed E-state index contributed by atoms with van der Waals surface area (Å²) in [6, 6.07) is 5.03. The standard InChI is InChI=1S/C10H10Cl2N4O/c11-8-2-1-7(5-9(8)12)6-10(17)14-3-4-15-16-13/h1-2,5H,3-4,6H2,(H,14,17). The van der Waals surface area contributed by atoms with Crippen molar-refractivity contribution in [1.29, 1.82) is 0 Å². The van der Waals surface area contributed by atoms with Gasteiger partial charge in [-0.05, 0) is 23.2 Å². The first kappa shape index (κ1) is 13.6. The Morgan fingerprint density at radius 1 is 1.41 bits per heavy atom. The van der Waals surface area contributed by atoms with Crippen LogP contribution in [0.5, 0.6) is 0 Å². The molecule has 7 heteroatoms. The Balaban J connectivity index is 2.45. The molecule has 0 aliphatic carbocycles. The first-order valence-electron chi connectivity index (χ1n) is 4.85. The van der Waals surface area contributed by atoms with Gasteiger partial charge in [-0.3, -0.25) is 4.79 Å². The highest BCUT2D eigenvalue weighted by Crippen LogP contribution is 2.22. The predicted molar refractivity (Wildman–Crippen MR) is 67.2 cm³/mol. The van der Waals surface area contributed by atoms with Gasteiger partial charge in [0.25, 0.3) is 0 Å². The number of azide groups is 1. The van der Waals surface area contributed by atoms with Crippen molar-refractivity contribution < 1.29 is 4.79 Å². The molecule has 0 radical (unpaired) electrons. The fraction of sp³-hybridized carbons (Fsp3) is 0.300. The zero-order valence-corrected chi connectivity index (χ0v) is 10.4. The average Bonchev–Trinajstić information content (AvgIpc) is 2.30. The first-order valence-corrected chi connectivity index (χ1v) is 5.60.